The zero-order valence-corrected chi connectivity index (χ0v) is 13.3. The molecule has 23 heavy (non-hydrogen) atoms. The van der Waals surface area contributed by atoms with E-state index in [-0.39, 0.29) is 10.5 Å². The van der Waals surface area contributed by atoms with E-state index in [1.54, 1.807) is 30.6 Å². The second kappa shape index (κ2) is 5.07. The van der Waals surface area contributed by atoms with Crippen molar-refractivity contribution >= 4 is 38.7 Å². The maximum atomic E-state index is 12.5. The Morgan fingerprint density at radius 1 is 1.00 bits per heavy atom. The lowest BCUT2D eigenvalue weighted by molar-refractivity contribution is 0.0934. The summed E-state index contributed by atoms with van der Waals surface area (Å²) in [6, 6.07) is 13.6. The third-order valence-corrected chi connectivity index (χ3v) is 6.70. The molecule has 0 saturated heterocycles. The second-order valence-corrected chi connectivity index (χ2v) is 8.01. The van der Waals surface area contributed by atoms with Gasteiger partial charge in [0.05, 0.1) is 5.56 Å². The van der Waals surface area contributed by atoms with Crippen LogP contribution in [-0.4, -0.2) is 23.0 Å². The zero-order valence-electron chi connectivity index (χ0n) is 11.7. The normalized spacial score (nSPS) is 15.8. The fourth-order valence-electron chi connectivity index (χ4n) is 2.47. The molecule has 0 saturated carbocycles. The Bertz CT molecular complexity index is 1050. The van der Waals surface area contributed by atoms with E-state index in [1.807, 2.05) is 18.2 Å². The monoisotopic (exact) mass is 342 g/mol. The number of rotatable bonds is 2. The van der Waals surface area contributed by atoms with E-state index in [0.717, 1.165) is 26.4 Å². The molecule has 1 amide bonds. The number of pyridine rings is 1. The Kier molecular flexibility index (Phi) is 3.14. The minimum atomic E-state index is -3.81. The highest BCUT2D eigenvalue weighted by Crippen LogP contribution is 2.38. The summed E-state index contributed by atoms with van der Waals surface area (Å²) >= 11 is 0.913. The number of aromatic nitrogens is 1. The summed E-state index contributed by atoms with van der Waals surface area (Å²) in [4.78, 5) is 17.2. The number of carbonyl (C=O) groups excluding carboxylic acids is 1. The second-order valence-electron chi connectivity index (χ2n) is 5.01. The molecule has 2 aromatic carbocycles. The first-order valence-electron chi connectivity index (χ1n) is 6.78. The van der Waals surface area contributed by atoms with Gasteiger partial charge in [0.15, 0.2) is 0 Å². The minimum Gasteiger partial charge on any atom is -0.267 e. The standard InChI is InChI=1S/C16H10N2O3S2/c19-16-14-3-1-2-4-15(14)23(20,21)18(16)22-13-6-5-12-10-17-8-7-11(12)9-13/h1-10H. The molecule has 0 spiro atoms. The lowest BCUT2D eigenvalue weighted by atomic mass is 10.2. The first-order chi connectivity index (χ1) is 11.1. The number of carbonyl (C=O) groups is 1. The molecule has 0 bridgehead atoms. The highest BCUT2D eigenvalue weighted by molar-refractivity contribution is 8.09. The van der Waals surface area contributed by atoms with Gasteiger partial charge in [-0.1, -0.05) is 18.2 Å². The van der Waals surface area contributed by atoms with E-state index in [1.165, 1.54) is 12.1 Å². The fourth-order valence-corrected chi connectivity index (χ4v) is 5.22. The molecule has 0 radical (unpaired) electrons. The molecule has 1 aliphatic heterocycles. The molecule has 1 aromatic heterocycles. The van der Waals surface area contributed by atoms with Gasteiger partial charge in [0.1, 0.15) is 4.90 Å². The molecular weight excluding hydrogens is 332 g/mol. The van der Waals surface area contributed by atoms with E-state index in [2.05, 4.69) is 4.98 Å². The topological polar surface area (TPSA) is 67.3 Å². The quantitative estimate of drug-likeness (QED) is 0.670. The number of fused-ring (bicyclic) bond motifs is 2. The molecule has 7 heteroatoms. The maximum absolute atomic E-state index is 12.5. The first-order valence-corrected chi connectivity index (χ1v) is 8.99. The van der Waals surface area contributed by atoms with Gasteiger partial charge in [-0.05, 0) is 35.7 Å². The Morgan fingerprint density at radius 2 is 1.83 bits per heavy atom. The Balaban J connectivity index is 1.75. The summed E-state index contributed by atoms with van der Waals surface area (Å²) in [6.45, 7) is 0. The van der Waals surface area contributed by atoms with Crippen LogP contribution in [0.3, 0.4) is 0 Å². The van der Waals surface area contributed by atoms with Crippen molar-refractivity contribution in [2.75, 3.05) is 0 Å². The molecule has 4 rings (SSSR count). The van der Waals surface area contributed by atoms with Crippen LogP contribution in [0, 0.1) is 0 Å². The molecule has 3 aromatic rings. The molecule has 0 unspecified atom stereocenters. The third-order valence-electron chi connectivity index (χ3n) is 3.58. The summed E-state index contributed by atoms with van der Waals surface area (Å²) in [5, 5.41) is 1.89. The highest BCUT2D eigenvalue weighted by Gasteiger charge is 2.41. The molecule has 0 atom stereocenters. The van der Waals surface area contributed by atoms with E-state index in [0.29, 0.717) is 4.90 Å². The van der Waals surface area contributed by atoms with Crippen LogP contribution in [0.4, 0.5) is 0 Å². The van der Waals surface area contributed by atoms with Gasteiger partial charge < -0.3 is 0 Å². The fraction of sp³-hybridized carbons (Fsp3) is 0. The van der Waals surface area contributed by atoms with Gasteiger partial charge in [0.2, 0.25) is 0 Å². The van der Waals surface area contributed by atoms with Crippen LogP contribution in [0.5, 0.6) is 0 Å². The maximum Gasteiger partial charge on any atom is 0.279 e. The van der Waals surface area contributed by atoms with Crippen LogP contribution in [0.1, 0.15) is 10.4 Å². The molecule has 114 valence electrons. The Labute approximate surface area is 137 Å². The minimum absolute atomic E-state index is 0.0579. The Hall–Kier alpha value is -2.38. The van der Waals surface area contributed by atoms with Crippen LogP contribution in [-0.2, 0) is 10.0 Å². The van der Waals surface area contributed by atoms with Crippen molar-refractivity contribution in [1.82, 2.24) is 8.69 Å². The molecule has 2 heterocycles. The molecule has 5 nitrogen and oxygen atoms in total. The third kappa shape index (κ3) is 2.20. The molecule has 0 aliphatic carbocycles. The van der Waals surface area contributed by atoms with Crippen molar-refractivity contribution in [1.29, 1.82) is 0 Å². The number of benzene rings is 2. The number of amides is 1. The van der Waals surface area contributed by atoms with Gasteiger partial charge in [-0.2, -0.15) is 3.71 Å². The van der Waals surface area contributed by atoms with E-state index in [9.17, 15) is 13.2 Å². The molecule has 1 aliphatic rings. The lowest BCUT2D eigenvalue weighted by Crippen LogP contribution is -2.22. The largest absolute Gasteiger partial charge is 0.279 e. The number of hydrogen-bond donors (Lipinski definition) is 0. The van der Waals surface area contributed by atoms with Crippen molar-refractivity contribution < 1.29 is 13.2 Å². The van der Waals surface area contributed by atoms with Gasteiger partial charge in [0.25, 0.3) is 15.9 Å². The van der Waals surface area contributed by atoms with Crippen LogP contribution in [0.15, 0.2) is 70.7 Å². The highest BCUT2D eigenvalue weighted by atomic mass is 32.3. The first kappa shape index (κ1) is 14.2. The number of sulfonamides is 1. The van der Waals surface area contributed by atoms with Crippen LogP contribution in [0.2, 0.25) is 0 Å². The summed E-state index contributed by atoms with van der Waals surface area (Å²) in [7, 11) is -3.81. The van der Waals surface area contributed by atoms with Gasteiger partial charge >= 0.3 is 0 Å². The van der Waals surface area contributed by atoms with Gasteiger partial charge in [-0.3, -0.25) is 9.78 Å². The van der Waals surface area contributed by atoms with Crippen LogP contribution >= 0.6 is 11.9 Å². The van der Waals surface area contributed by atoms with Gasteiger partial charge in [-0.15, -0.1) is 0 Å². The van der Waals surface area contributed by atoms with Gasteiger partial charge in [-0.25, -0.2) is 8.42 Å². The van der Waals surface area contributed by atoms with Gasteiger partial charge in [0, 0.05) is 34.6 Å². The molecule has 0 fully saturated rings. The van der Waals surface area contributed by atoms with Crippen LogP contribution in [0.25, 0.3) is 10.8 Å². The van der Waals surface area contributed by atoms with Crippen molar-refractivity contribution in [2.24, 2.45) is 0 Å². The SMILES string of the molecule is O=C1c2ccccc2S(=O)(=O)N1Sc1ccc2cnccc2c1. The summed E-state index contributed by atoms with van der Waals surface area (Å²) in [5.41, 5.74) is 0.213. The lowest BCUT2D eigenvalue weighted by Gasteiger charge is -2.13. The average Bonchev–Trinajstić information content (AvgIpc) is 2.76. The zero-order chi connectivity index (χ0) is 16.0. The number of nitrogens with zero attached hydrogens (tertiary/aromatic N) is 2. The van der Waals surface area contributed by atoms with E-state index in [4.69, 9.17) is 0 Å². The van der Waals surface area contributed by atoms with E-state index < -0.39 is 15.9 Å². The smallest absolute Gasteiger partial charge is 0.267 e. The van der Waals surface area contributed by atoms with E-state index >= 15 is 0 Å². The van der Waals surface area contributed by atoms with Crippen molar-refractivity contribution in [3.05, 3.63) is 66.5 Å². The number of hydrogen-bond acceptors (Lipinski definition) is 5. The van der Waals surface area contributed by atoms with Crippen LogP contribution < -0.4 is 0 Å². The molecule has 0 N–H and O–H groups in total. The Morgan fingerprint density at radius 3 is 2.65 bits per heavy atom. The summed E-state index contributed by atoms with van der Waals surface area (Å²) in [5.74, 6) is -0.513. The predicted octanol–water partition coefficient (Wildman–Crippen LogP) is 3.09. The summed E-state index contributed by atoms with van der Waals surface area (Å²) in [6.07, 6.45) is 3.40. The summed E-state index contributed by atoms with van der Waals surface area (Å²) < 4.78 is 25.9. The average molecular weight is 342 g/mol. The van der Waals surface area contributed by atoms with Crippen molar-refractivity contribution in [3.63, 3.8) is 0 Å². The predicted molar refractivity (Wildman–Crippen MR) is 87.4 cm³/mol. The van der Waals surface area contributed by atoms with Crippen molar-refractivity contribution in [2.45, 2.75) is 9.79 Å². The van der Waals surface area contributed by atoms with Crippen molar-refractivity contribution in [3.8, 4) is 0 Å². The molecular formula is C16H10N2O3S2.